The SMILES string of the molecule is CN1CCC(CN(C)S(=O)(=O)c2[nH]ncc2C(=O)O)C1. The number of carbonyl (C=O) groups is 1. The molecule has 8 nitrogen and oxygen atoms in total. The minimum Gasteiger partial charge on any atom is -0.478 e. The van der Waals surface area contributed by atoms with E-state index in [0.717, 1.165) is 25.7 Å². The fourth-order valence-electron chi connectivity index (χ4n) is 2.42. The molecular weight excluding hydrogens is 284 g/mol. The van der Waals surface area contributed by atoms with Crippen LogP contribution in [0.1, 0.15) is 16.8 Å². The number of carboxylic acids is 1. The standard InChI is InChI=1S/C11H18N4O4S/c1-14-4-3-8(6-14)7-15(2)20(18,19)10-9(11(16)17)5-12-13-10/h5,8H,3-4,6-7H2,1-2H3,(H,12,13)(H,16,17). The summed E-state index contributed by atoms with van der Waals surface area (Å²) >= 11 is 0. The molecule has 20 heavy (non-hydrogen) atoms. The summed E-state index contributed by atoms with van der Waals surface area (Å²) in [5.74, 6) is -1.05. The molecule has 0 radical (unpaired) electrons. The molecule has 2 heterocycles. The maximum absolute atomic E-state index is 12.4. The Bertz CT molecular complexity index is 597. The molecule has 0 saturated carbocycles. The van der Waals surface area contributed by atoms with Crippen LogP contribution < -0.4 is 0 Å². The van der Waals surface area contributed by atoms with E-state index in [-0.39, 0.29) is 16.5 Å². The maximum Gasteiger partial charge on any atom is 0.340 e. The minimum atomic E-state index is -3.86. The number of aromatic amines is 1. The molecule has 1 aromatic rings. The van der Waals surface area contributed by atoms with E-state index in [2.05, 4.69) is 15.1 Å². The van der Waals surface area contributed by atoms with Gasteiger partial charge in [-0.15, -0.1) is 0 Å². The van der Waals surface area contributed by atoms with Crippen molar-refractivity contribution in [2.24, 2.45) is 5.92 Å². The second-order valence-corrected chi connectivity index (χ2v) is 7.10. The van der Waals surface area contributed by atoms with E-state index in [1.807, 2.05) is 7.05 Å². The molecule has 0 spiro atoms. The minimum absolute atomic E-state index is 0.260. The quantitative estimate of drug-likeness (QED) is 0.772. The zero-order valence-corrected chi connectivity index (χ0v) is 12.2. The number of nitrogens with zero attached hydrogens (tertiary/aromatic N) is 3. The van der Waals surface area contributed by atoms with Crippen molar-refractivity contribution in [3.8, 4) is 0 Å². The van der Waals surface area contributed by atoms with Gasteiger partial charge in [0.1, 0.15) is 5.56 Å². The van der Waals surface area contributed by atoms with Gasteiger partial charge in [0.25, 0.3) is 10.0 Å². The van der Waals surface area contributed by atoms with Gasteiger partial charge in [-0.1, -0.05) is 0 Å². The molecule has 0 aromatic carbocycles. The van der Waals surface area contributed by atoms with E-state index in [1.54, 1.807) is 0 Å². The number of hydrogen-bond donors (Lipinski definition) is 2. The number of aromatic carboxylic acids is 1. The average Bonchev–Trinajstić information content (AvgIpc) is 2.98. The molecule has 2 N–H and O–H groups in total. The molecule has 0 amide bonds. The Morgan fingerprint density at radius 3 is 2.90 bits per heavy atom. The van der Waals surface area contributed by atoms with Gasteiger partial charge in [-0.2, -0.15) is 9.40 Å². The fourth-order valence-corrected chi connectivity index (χ4v) is 3.72. The Balaban J connectivity index is 2.17. The molecule has 1 aliphatic rings. The van der Waals surface area contributed by atoms with E-state index < -0.39 is 16.0 Å². The van der Waals surface area contributed by atoms with E-state index >= 15 is 0 Å². The Kier molecular flexibility index (Phi) is 4.11. The fraction of sp³-hybridized carbons (Fsp3) is 0.636. The Hall–Kier alpha value is -1.45. The van der Waals surface area contributed by atoms with E-state index in [9.17, 15) is 13.2 Å². The van der Waals surface area contributed by atoms with Gasteiger partial charge in [0.15, 0.2) is 5.03 Å². The molecule has 2 rings (SSSR count). The number of nitrogens with one attached hydrogen (secondary N) is 1. The van der Waals surface area contributed by atoms with Crippen molar-refractivity contribution in [1.82, 2.24) is 19.4 Å². The highest BCUT2D eigenvalue weighted by Crippen LogP contribution is 2.21. The zero-order valence-electron chi connectivity index (χ0n) is 11.4. The number of aromatic nitrogens is 2. The lowest BCUT2D eigenvalue weighted by Crippen LogP contribution is -2.33. The van der Waals surface area contributed by atoms with Crippen LogP contribution in [0.5, 0.6) is 0 Å². The number of rotatable bonds is 5. The lowest BCUT2D eigenvalue weighted by atomic mass is 10.1. The summed E-state index contributed by atoms with van der Waals surface area (Å²) < 4.78 is 25.9. The molecule has 1 atom stereocenters. The van der Waals surface area contributed by atoms with Crippen LogP contribution in [0, 0.1) is 5.92 Å². The topological polar surface area (TPSA) is 107 Å². The van der Waals surface area contributed by atoms with Crippen molar-refractivity contribution in [1.29, 1.82) is 0 Å². The van der Waals surface area contributed by atoms with Gasteiger partial charge in [0.2, 0.25) is 0 Å². The largest absolute Gasteiger partial charge is 0.478 e. The van der Waals surface area contributed by atoms with Crippen molar-refractivity contribution in [3.05, 3.63) is 11.8 Å². The zero-order chi connectivity index (χ0) is 14.9. The van der Waals surface area contributed by atoms with Crippen molar-refractivity contribution in [2.45, 2.75) is 11.4 Å². The highest BCUT2D eigenvalue weighted by Gasteiger charge is 2.31. The molecule has 1 saturated heterocycles. The second-order valence-electron chi connectivity index (χ2n) is 5.12. The first-order valence-electron chi connectivity index (χ1n) is 6.24. The number of likely N-dealkylation sites (tertiary alicyclic amines) is 1. The Morgan fingerprint density at radius 2 is 2.35 bits per heavy atom. The molecule has 9 heteroatoms. The number of H-pyrrole nitrogens is 1. The van der Waals surface area contributed by atoms with Gasteiger partial charge < -0.3 is 10.0 Å². The van der Waals surface area contributed by atoms with Gasteiger partial charge in [-0.05, 0) is 25.9 Å². The van der Waals surface area contributed by atoms with Gasteiger partial charge in [0.05, 0.1) is 6.20 Å². The van der Waals surface area contributed by atoms with Gasteiger partial charge in [-0.3, -0.25) is 5.10 Å². The smallest absolute Gasteiger partial charge is 0.340 e. The van der Waals surface area contributed by atoms with Crippen LogP contribution in [0.2, 0.25) is 0 Å². The maximum atomic E-state index is 12.4. The number of hydrogen-bond acceptors (Lipinski definition) is 5. The van der Waals surface area contributed by atoms with E-state index in [0.29, 0.717) is 6.54 Å². The summed E-state index contributed by atoms with van der Waals surface area (Å²) in [6, 6.07) is 0. The van der Waals surface area contributed by atoms with Crippen molar-refractivity contribution < 1.29 is 18.3 Å². The first-order chi connectivity index (χ1) is 9.32. The van der Waals surface area contributed by atoms with E-state index in [4.69, 9.17) is 5.11 Å². The average molecular weight is 302 g/mol. The summed E-state index contributed by atoms with van der Waals surface area (Å²) in [5.41, 5.74) is -0.333. The lowest BCUT2D eigenvalue weighted by Gasteiger charge is -2.20. The monoisotopic (exact) mass is 302 g/mol. The summed E-state index contributed by atoms with van der Waals surface area (Å²) in [6.45, 7) is 2.16. The van der Waals surface area contributed by atoms with Crippen molar-refractivity contribution in [3.63, 3.8) is 0 Å². The molecule has 112 valence electrons. The third-order valence-electron chi connectivity index (χ3n) is 3.51. The van der Waals surface area contributed by atoms with Gasteiger partial charge in [-0.25, -0.2) is 13.2 Å². The molecular formula is C11H18N4O4S. The predicted octanol–water partition coefficient (Wildman–Crippen LogP) is -0.320. The normalized spacial score (nSPS) is 20.6. The van der Waals surface area contributed by atoms with Crippen LogP contribution in [0.15, 0.2) is 11.2 Å². The summed E-state index contributed by atoms with van der Waals surface area (Å²) in [4.78, 5) is 13.1. The third-order valence-corrected chi connectivity index (χ3v) is 5.30. The van der Waals surface area contributed by atoms with Crippen LogP contribution in [-0.4, -0.2) is 72.6 Å². The molecule has 1 aliphatic heterocycles. The van der Waals surface area contributed by atoms with Crippen molar-refractivity contribution >= 4 is 16.0 Å². The Morgan fingerprint density at radius 1 is 1.65 bits per heavy atom. The predicted molar refractivity (Wildman–Crippen MR) is 71.0 cm³/mol. The first kappa shape index (κ1) is 14.9. The second kappa shape index (κ2) is 5.51. The Labute approximate surface area is 117 Å². The van der Waals surface area contributed by atoms with Crippen LogP contribution in [0.4, 0.5) is 0 Å². The number of carboxylic acid groups (broad SMARTS) is 1. The van der Waals surface area contributed by atoms with Crippen molar-refractivity contribution in [2.75, 3.05) is 33.7 Å². The highest BCUT2D eigenvalue weighted by atomic mass is 32.2. The highest BCUT2D eigenvalue weighted by molar-refractivity contribution is 7.89. The third kappa shape index (κ3) is 2.84. The molecule has 1 aromatic heterocycles. The summed E-state index contributed by atoms with van der Waals surface area (Å²) in [5, 5.41) is 14.4. The summed E-state index contributed by atoms with van der Waals surface area (Å²) in [7, 11) is -0.410. The molecule has 0 bridgehead atoms. The lowest BCUT2D eigenvalue weighted by molar-refractivity contribution is 0.0692. The first-order valence-corrected chi connectivity index (χ1v) is 7.68. The van der Waals surface area contributed by atoms with Crippen LogP contribution in [-0.2, 0) is 10.0 Å². The van der Waals surface area contributed by atoms with Crippen LogP contribution >= 0.6 is 0 Å². The number of sulfonamides is 1. The van der Waals surface area contributed by atoms with Crippen LogP contribution in [0.3, 0.4) is 0 Å². The van der Waals surface area contributed by atoms with Crippen LogP contribution in [0.25, 0.3) is 0 Å². The van der Waals surface area contributed by atoms with Gasteiger partial charge >= 0.3 is 5.97 Å². The van der Waals surface area contributed by atoms with E-state index in [1.165, 1.54) is 11.4 Å². The molecule has 1 unspecified atom stereocenters. The molecule has 1 fully saturated rings. The summed E-state index contributed by atoms with van der Waals surface area (Å²) in [6.07, 6.45) is 1.94. The van der Waals surface area contributed by atoms with Gasteiger partial charge in [0, 0.05) is 20.1 Å². The molecule has 0 aliphatic carbocycles.